The average molecular weight is 392 g/mol. The summed E-state index contributed by atoms with van der Waals surface area (Å²) in [5, 5.41) is 2.80. The third-order valence-corrected chi connectivity index (χ3v) is 3.94. The molecule has 0 aromatic heterocycles. The molecule has 5 nitrogen and oxygen atoms in total. The van der Waals surface area contributed by atoms with Crippen LogP contribution in [0.4, 0.5) is 5.69 Å². The summed E-state index contributed by atoms with van der Waals surface area (Å²) in [6.45, 7) is 0. The van der Waals surface area contributed by atoms with Gasteiger partial charge in [-0.05, 0) is 51.8 Å². The van der Waals surface area contributed by atoms with Crippen LogP contribution in [0.1, 0.15) is 5.56 Å². The van der Waals surface area contributed by atoms with Crippen LogP contribution in [0.15, 0.2) is 46.9 Å². The van der Waals surface area contributed by atoms with Crippen molar-refractivity contribution in [1.29, 1.82) is 0 Å². The monoisotopic (exact) mass is 391 g/mol. The smallest absolute Gasteiger partial charge is 0.248 e. The van der Waals surface area contributed by atoms with Crippen LogP contribution in [0.2, 0.25) is 0 Å². The Bertz CT molecular complexity index is 733. The van der Waals surface area contributed by atoms with Crippen molar-refractivity contribution in [3.8, 4) is 17.2 Å². The van der Waals surface area contributed by atoms with Crippen molar-refractivity contribution < 1.29 is 19.0 Å². The molecule has 1 amide bonds. The van der Waals surface area contributed by atoms with Gasteiger partial charge in [0.1, 0.15) is 0 Å². The Morgan fingerprint density at radius 3 is 2.21 bits per heavy atom. The van der Waals surface area contributed by atoms with Gasteiger partial charge in [0.05, 0.1) is 27.0 Å². The van der Waals surface area contributed by atoms with Crippen LogP contribution >= 0.6 is 15.9 Å². The lowest BCUT2D eigenvalue weighted by atomic mass is 10.1. The zero-order valence-corrected chi connectivity index (χ0v) is 15.2. The lowest BCUT2D eigenvalue weighted by Gasteiger charge is -2.12. The van der Waals surface area contributed by atoms with E-state index in [1.54, 1.807) is 39.5 Å². The van der Waals surface area contributed by atoms with E-state index < -0.39 is 0 Å². The lowest BCUT2D eigenvalue weighted by Crippen LogP contribution is -2.08. The van der Waals surface area contributed by atoms with Crippen molar-refractivity contribution in [2.75, 3.05) is 26.6 Å². The molecule has 0 unspecified atom stereocenters. The van der Waals surface area contributed by atoms with E-state index in [2.05, 4.69) is 21.2 Å². The number of carbonyl (C=O) groups excluding carboxylic acids is 1. The van der Waals surface area contributed by atoms with Crippen molar-refractivity contribution in [1.82, 2.24) is 0 Å². The first kappa shape index (κ1) is 17.9. The molecule has 0 fully saturated rings. The van der Waals surface area contributed by atoms with Gasteiger partial charge in [0.25, 0.3) is 0 Å². The Labute approximate surface area is 149 Å². The van der Waals surface area contributed by atoms with E-state index in [1.165, 1.54) is 6.08 Å². The van der Waals surface area contributed by atoms with Crippen LogP contribution in [0.25, 0.3) is 6.08 Å². The number of para-hydroxylation sites is 1. The van der Waals surface area contributed by atoms with Gasteiger partial charge in [-0.2, -0.15) is 0 Å². The van der Waals surface area contributed by atoms with E-state index in [4.69, 9.17) is 14.2 Å². The molecule has 2 aromatic rings. The molecule has 0 aliphatic carbocycles. The molecule has 6 heteroatoms. The average Bonchev–Trinajstić information content (AvgIpc) is 2.60. The van der Waals surface area contributed by atoms with E-state index in [0.29, 0.717) is 22.9 Å². The molecule has 0 radical (unpaired) electrons. The Hall–Kier alpha value is -2.47. The molecule has 2 aromatic carbocycles. The van der Waals surface area contributed by atoms with Crippen molar-refractivity contribution in [3.63, 3.8) is 0 Å². The van der Waals surface area contributed by atoms with E-state index in [-0.39, 0.29) is 5.91 Å². The highest BCUT2D eigenvalue weighted by molar-refractivity contribution is 9.10. The second-order valence-electron chi connectivity index (χ2n) is 4.76. The standard InChI is InChI=1S/C18H18BrNO4/c1-22-15-10-12(11-16(23-2)18(15)24-3)8-9-17(21)20-14-7-5-4-6-13(14)19/h4-11H,1-3H3,(H,20,21). The third kappa shape index (κ3) is 4.29. The summed E-state index contributed by atoms with van der Waals surface area (Å²) >= 11 is 3.39. The van der Waals surface area contributed by atoms with E-state index in [0.717, 1.165) is 10.0 Å². The summed E-state index contributed by atoms with van der Waals surface area (Å²) in [4.78, 5) is 12.1. The van der Waals surface area contributed by atoms with Crippen molar-refractivity contribution in [3.05, 3.63) is 52.5 Å². The van der Waals surface area contributed by atoms with Gasteiger partial charge in [-0.25, -0.2) is 0 Å². The molecule has 0 aliphatic rings. The number of ether oxygens (including phenoxy) is 3. The predicted molar refractivity (Wildman–Crippen MR) is 97.9 cm³/mol. The molecule has 0 saturated heterocycles. The zero-order chi connectivity index (χ0) is 17.5. The Morgan fingerprint density at radius 2 is 1.67 bits per heavy atom. The van der Waals surface area contributed by atoms with Crippen LogP contribution < -0.4 is 19.5 Å². The fraction of sp³-hybridized carbons (Fsp3) is 0.167. The fourth-order valence-corrected chi connectivity index (χ4v) is 2.49. The number of anilines is 1. The first-order chi connectivity index (χ1) is 11.6. The van der Waals surface area contributed by atoms with E-state index in [9.17, 15) is 4.79 Å². The number of hydrogen-bond donors (Lipinski definition) is 1. The Kier molecular flexibility index (Phi) is 6.26. The minimum Gasteiger partial charge on any atom is -0.493 e. The minimum absolute atomic E-state index is 0.240. The lowest BCUT2D eigenvalue weighted by molar-refractivity contribution is -0.111. The van der Waals surface area contributed by atoms with Crippen molar-refractivity contribution in [2.45, 2.75) is 0 Å². The number of methoxy groups -OCH3 is 3. The van der Waals surface area contributed by atoms with Gasteiger partial charge in [0.15, 0.2) is 11.5 Å². The summed E-state index contributed by atoms with van der Waals surface area (Å²) in [7, 11) is 4.63. The summed E-state index contributed by atoms with van der Waals surface area (Å²) in [5.41, 5.74) is 1.46. The van der Waals surface area contributed by atoms with E-state index >= 15 is 0 Å². The molecule has 0 spiro atoms. The largest absolute Gasteiger partial charge is 0.493 e. The molecule has 24 heavy (non-hydrogen) atoms. The van der Waals surface area contributed by atoms with Gasteiger partial charge in [-0.1, -0.05) is 12.1 Å². The number of nitrogens with one attached hydrogen (secondary N) is 1. The van der Waals surface area contributed by atoms with Crippen molar-refractivity contribution >= 4 is 33.6 Å². The number of benzene rings is 2. The third-order valence-electron chi connectivity index (χ3n) is 3.25. The molecular weight excluding hydrogens is 374 g/mol. The van der Waals surface area contributed by atoms with E-state index in [1.807, 2.05) is 24.3 Å². The van der Waals surface area contributed by atoms with Gasteiger partial charge in [0.2, 0.25) is 11.7 Å². The highest BCUT2D eigenvalue weighted by Crippen LogP contribution is 2.38. The van der Waals surface area contributed by atoms with Gasteiger partial charge in [-0.3, -0.25) is 4.79 Å². The minimum atomic E-state index is -0.240. The first-order valence-electron chi connectivity index (χ1n) is 7.12. The Balaban J connectivity index is 2.19. The summed E-state index contributed by atoms with van der Waals surface area (Å²) in [6.07, 6.45) is 3.12. The highest BCUT2D eigenvalue weighted by Gasteiger charge is 2.12. The molecule has 0 aliphatic heterocycles. The molecule has 1 N–H and O–H groups in total. The van der Waals surface area contributed by atoms with Gasteiger partial charge >= 0.3 is 0 Å². The van der Waals surface area contributed by atoms with Crippen LogP contribution in [-0.2, 0) is 4.79 Å². The summed E-state index contributed by atoms with van der Waals surface area (Å²) in [5.74, 6) is 1.33. The maximum atomic E-state index is 12.1. The second-order valence-corrected chi connectivity index (χ2v) is 5.62. The highest BCUT2D eigenvalue weighted by atomic mass is 79.9. The molecule has 0 saturated carbocycles. The summed E-state index contributed by atoms with van der Waals surface area (Å²) < 4.78 is 16.7. The zero-order valence-electron chi connectivity index (χ0n) is 13.6. The molecule has 0 bridgehead atoms. The number of carbonyl (C=O) groups is 1. The second kappa shape index (κ2) is 8.40. The van der Waals surface area contributed by atoms with Gasteiger partial charge < -0.3 is 19.5 Å². The molecular formula is C18H18BrNO4. The van der Waals surface area contributed by atoms with Crippen LogP contribution in [0.5, 0.6) is 17.2 Å². The normalized spacial score (nSPS) is 10.5. The number of halogens is 1. The summed E-state index contributed by atoms with van der Waals surface area (Å²) in [6, 6.07) is 10.9. The molecule has 126 valence electrons. The topological polar surface area (TPSA) is 56.8 Å². The van der Waals surface area contributed by atoms with Gasteiger partial charge in [0, 0.05) is 10.5 Å². The number of hydrogen-bond acceptors (Lipinski definition) is 4. The quantitative estimate of drug-likeness (QED) is 0.752. The first-order valence-corrected chi connectivity index (χ1v) is 7.92. The molecule has 0 atom stereocenters. The maximum Gasteiger partial charge on any atom is 0.248 e. The fourth-order valence-electron chi connectivity index (χ4n) is 2.11. The van der Waals surface area contributed by atoms with Crippen LogP contribution in [0.3, 0.4) is 0 Å². The predicted octanol–water partition coefficient (Wildman–Crippen LogP) is 4.13. The molecule has 0 heterocycles. The SMILES string of the molecule is COc1cc(C=CC(=O)Nc2ccccc2Br)cc(OC)c1OC. The number of rotatable bonds is 6. The van der Waals surface area contributed by atoms with Gasteiger partial charge in [-0.15, -0.1) is 0 Å². The molecule has 2 rings (SSSR count). The van der Waals surface area contributed by atoms with Crippen LogP contribution in [-0.4, -0.2) is 27.2 Å². The van der Waals surface area contributed by atoms with Crippen LogP contribution in [0, 0.1) is 0 Å². The Morgan fingerprint density at radius 1 is 1.04 bits per heavy atom. The maximum absolute atomic E-state index is 12.1. The van der Waals surface area contributed by atoms with Crippen molar-refractivity contribution in [2.24, 2.45) is 0 Å². The number of amides is 1.